The lowest BCUT2D eigenvalue weighted by Gasteiger charge is -2.26. The minimum absolute atomic E-state index is 0.0363. The van der Waals surface area contributed by atoms with E-state index in [-0.39, 0.29) is 18.5 Å². The van der Waals surface area contributed by atoms with Crippen LogP contribution >= 0.6 is 0 Å². The second-order valence-electron chi connectivity index (χ2n) is 5.32. The lowest BCUT2D eigenvalue weighted by molar-refractivity contribution is -0.137. The van der Waals surface area contributed by atoms with Crippen LogP contribution in [0.25, 0.3) is 0 Å². The lowest BCUT2D eigenvalue weighted by atomic mass is 9.79. The van der Waals surface area contributed by atoms with E-state index >= 15 is 0 Å². The van der Waals surface area contributed by atoms with Crippen LogP contribution in [-0.4, -0.2) is 29.9 Å². The molecule has 1 saturated heterocycles. The lowest BCUT2D eigenvalue weighted by Crippen LogP contribution is -2.35. The van der Waals surface area contributed by atoms with Crippen molar-refractivity contribution in [2.75, 3.05) is 13.2 Å². The molecule has 5 heteroatoms. The quantitative estimate of drug-likeness (QED) is 0.777. The Bertz CT molecular complexity index is 481. The Kier molecular flexibility index (Phi) is 3.39. The number of carbonyl (C=O) groups excluding carboxylic acids is 2. The first-order chi connectivity index (χ1) is 8.91. The molecule has 1 unspecified atom stereocenters. The van der Waals surface area contributed by atoms with Gasteiger partial charge in [-0.3, -0.25) is 4.79 Å². The van der Waals surface area contributed by atoms with Gasteiger partial charge in [-0.1, -0.05) is 13.5 Å². The van der Waals surface area contributed by atoms with Crippen molar-refractivity contribution < 1.29 is 14.3 Å². The minimum atomic E-state index is -0.468. The maximum Gasteiger partial charge on any atom is 0.336 e. The Morgan fingerprint density at radius 2 is 2.21 bits per heavy atom. The molecule has 1 amide bonds. The summed E-state index contributed by atoms with van der Waals surface area (Å²) in [6.45, 7) is 8.21. The van der Waals surface area contributed by atoms with E-state index in [1.165, 1.54) is 0 Å². The molecule has 0 aromatic carbocycles. The van der Waals surface area contributed by atoms with Crippen molar-refractivity contribution in [1.29, 1.82) is 0 Å². The first-order valence-corrected chi connectivity index (χ1v) is 6.53. The maximum absolute atomic E-state index is 12.7. The second-order valence-corrected chi connectivity index (χ2v) is 5.32. The molecule has 0 aromatic rings. The van der Waals surface area contributed by atoms with Crippen molar-refractivity contribution in [3.63, 3.8) is 0 Å². The van der Waals surface area contributed by atoms with Crippen LogP contribution in [0.2, 0.25) is 0 Å². The van der Waals surface area contributed by atoms with Gasteiger partial charge in [-0.2, -0.15) is 0 Å². The Hall–Kier alpha value is -1.78. The molecule has 0 bridgehead atoms. The molecule has 2 heterocycles. The third-order valence-electron chi connectivity index (χ3n) is 4.16. The number of ether oxygens (including phenoxy) is 1. The van der Waals surface area contributed by atoms with Crippen LogP contribution in [0.4, 0.5) is 0 Å². The van der Waals surface area contributed by atoms with Crippen molar-refractivity contribution in [2.24, 2.45) is 11.1 Å². The molecule has 0 spiro atoms. The van der Waals surface area contributed by atoms with Gasteiger partial charge in [0.2, 0.25) is 5.91 Å². The number of cyclic esters (lactones) is 1. The zero-order valence-electron chi connectivity index (χ0n) is 11.5. The molecule has 2 rings (SSSR count). The van der Waals surface area contributed by atoms with Crippen molar-refractivity contribution in [1.82, 2.24) is 4.90 Å². The average Bonchev–Trinajstić information content (AvgIpc) is 2.83. The largest absolute Gasteiger partial charge is 0.456 e. The minimum Gasteiger partial charge on any atom is -0.456 e. The van der Waals surface area contributed by atoms with Gasteiger partial charge in [-0.05, 0) is 19.8 Å². The number of amides is 1. The van der Waals surface area contributed by atoms with Crippen molar-refractivity contribution in [2.45, 2.75) is 33.1 Å². The van der Waals surface area contributed by atoms with Gasteiger partial charge in [0, 0.05) is 18.7 Å². The first-order valence-electron chi connectivity index (χ1n) is 6.53. The van der Waals surface area contributed by atoms with Gasteiger partial charge >= 0.3 is 5.97 Å². The van der Waals surface area contributed by atoms with E-state index in [2.05, 4.69) is 6.58 Å². The van der Waals surface area contributed by atoms with E-state index in [1.807, 2.05) is 6.92 Å². The molecule has 5 nitrogen and oxygen atoms in total. The predicted octanol–water partition coefficient (Wildman–Crippen LogP) is 1.31. The highest BCUT2D eigenvalue weighted by Crippen LogP contribution is 2.42. The number of carbonyl (C=O) groups is 2. The topological polar surface area (TPSA) is 72.6 Å². The molecular formula is C14H20N2O3. The van der Waals surface area contributed by atoms with E-state index in [4.69, 9.17) is 10.5 Å². The van der Waals surface area contributed by atoms with Gasteiger partial charge in [0.05, 0.1) is 16.7 Å². The van der Waals surface area contributed by atoms with Gasteiger partial charge in [0.25, 0.3) is 0 Å². The van der Waals surface area contributed by atoms with Crippen LogP contribution in [0.5, 0.6) is 0 Å². The van der Waals surface area contributed by atoms with Crippen molar-refractivity contribution in [3.8, 4) is 0 Å². The summed E-state index contributed by atoms with van der Waals surface area (Å²) >= 11 is 0. The van der Waals surface area contributed by atoms with Crippen LogP contribution in [0.15, 0.2) is 23.5 Å². The fourth-order valence-corrected chi connectivity index (χ4v) is 2.88. The Morgan fingerprint density at radius 1 is 1.53 bits per heavy atom. The van der Waals surface area contributed by atoms with Crippen molar-refractivity contribution in [3.05, 3.63) is 23.5 Å². The molecule has 2 N–H and O–H groups in total. The molecule has 1 atom stereocenters. The number of hydrogen-bond acceptors (Lipinski definition) is 4. The third kappa shape index (κ3) is 2.13. The number of hydrogen-bond donors (Lipinski definition) is 1. The summed E-state index contributed by atoms with van der Waals surface area (Å²) < 4.78 is 4.97. The Morgan fingerprint density at radius 3 is 2.68 bits per heavy atom. The van der Waals surface area contributed by atoms with Gasteiger partial charge in [0.15, 0.2) is 0 Å². The Balaban J connectivity index is 2.27. The van der Waals surface area contributed by atoms with Crippen LogP contribution in [0.1, 0.15) is 33.1 Å². The highest BCUT2D eigenvalue weighted by atomic mass is 16.5. The number of likely N-dealkylation sites (tertiary alicyclic amines) is 1. The molecular weight excluding hydrogens is 244 g/mol. The summed E-state index contributed by atoms with van der Waals surface area (Å²) in [7, 11) is 0. The number of allylic oxidation sites excluding steroid dienone is 1. The smallest absolute Gasteiger partial charge is 0.336 e. The van der Waals surface area contributed by atoms with Gasteiger partial charge in [0.1, 0.15) is 6.61 Å². The van der Waals surface area contributed by atoms with E-state index in [0.29, 0.717) is 29.9 Å². The van der Waals surface area contributed by atoms with Gasteiger partial charge < -0.3 is 15.4 Å². The highest BCUT2D eigenvalue weighted by Gasteiger charge is 2.47. The van der Waals surface area contributed by atoms with Crippen molar-refractivity contribution >= 4 is 11.9 Å². The average molecular weight is 264 g/mol. The van der Waals surface area contributed by atoms with Gasteiger partial charge in [-0.15, -0.1) is 0 Å². The summed E-state index contributed by atoms with van der Waals surface area (Å²) in [5.41, 5.74) is 6.99. The summed E-state index contributed by atoms with van der Waals surface area (Å²) in [6.07, 6.45) is 1.96. The highest BCUT2D eigenvalue weighted by molar-refractivity contribution is 5.94. The zero-order chi connectivity index (χ0) is 14.2. The third-order valence-corrected chi connectivity index (χ3v) is 4.16. The zero-order valence-corrected chi connectivity index (χ0v) is 11.5. The molecule has 0 aromatic heterocycles. The number of nitrogens with zero attached hydrogens (tertiary/aromatic N) is 1. The molecule has 104 valence electrons. The number of rotatable bonds is 4. The monoisotopic (exact) mass is 264 g/mol. The number of esters is 1. The van der Waals surface area contributed by atoms with Crippen LogP contribution in [-0.2, 0) is 14.3 Å². The molecule has 19 heavy (non-hydrogen) atoms. The summed E-state index contributed by atoms with van der Waals surface area (Å²) in [4.78, 5) is 25.8. The van der Waals surface area contributed by atoms with Gasteiger partial charge in [-0.25, -0.2) is 4.79 Å². The normalized spacial score (nSPS) is 27.2. The van der Waals surface area contributed by atoms with Crippen LogP contribution in [0.3, 0.4) is 0 Å². The first kappa shape index (κ1) is 13.6. The SMILES string of the molecule is C=C(N)CC1(CC)CCN(C2=C(C)C(=O)OC2)C1=O. The second kappa shape index (κ2) is 4.72. The molecule has 1 fully saturated rings. The molecule has 0 aliphatic carbocycles. The molecule has 2 aliphatic rings. The van der Waals surface area contributed by atoms with E-state index in [1.54, 1.807) is 11.8 Å². The summed E-state index contributed by atoms with van der Waals surface area (Å²) in [5.74, 6) is -0.297. The summed E-state index contributed by atoms with van der Waals surface area (Å²) in [6, 6.07) is 0. The van der Waals surface area contributed by atoms with E-state index in [0.717, 1.165) is 12.8 Å². The number of nitrogens with two attached hydrogens (primary N) is 1. The predicted molar refractivity (Wildman–Crippen MR) is 70.7 cm³/mol. The molecule has 0 saturated carbocycles. The molecule has 0 radical (unpaired) electrons. The Labute approximate surface area is 113 Å². The summed E-state index contributed by atoms with van der Waals surface area (Å²) in [5, 5.41) is 0. The standard InChI is InChI=1S/C14H20N2O3/c1-4-14(7-9(2)15)5-6-16(13(14)18)11-8-19-12(17)10(11)3/h2,4-8,15H2,1,3H3. The fourth-order valence-electron chi connectivity index (χ4n) is 2.88. The van der Waals surface area contributed by atoms with Crippen LogP contribution < -0.4 is 5.73 Å². The molecule has 2 aliphatic heterocycles. The van der Waals surface area contributed by atoms with E-state index < -0.39 is 5.41 Å². The maximum atomic E-state index is 12.7. The van der Waals surface area contributed by atoms with E-state index in [9.17, 15) is 9.59 Å². The fraction of sp³-hybridized carbons (Fsp3) is 0.571. The van der Waals surface area contributed by atoms with Crippen LogP contribution in [0, 0.1) is 5.41 Å².